The molecule has 0 spiro atoms. The predicted molar refractivity (Wildman–Crippen MR) is 243 cm³/mol. The lowest BCUT2D eigenvalue weighted by molar-refractivity contribution is -0.167. The lowest BCUT2D eigenvalue weighted by Gasteiger charge is -2.18. The second-order valence-electron chi connectivity index (χ2n) is 17.5. The molecule has 6 nitrogen and oxygen atoms in total. The molecule has 57 heavy (non-hydrogen) atoms. The minimum absolute atomic E-state index is 0.0623. The minimum atomic E-state index is -0.758. The van der Waals surface area contributed by atoms with Crippen LogP contribution in [0, 0.1) is 0 Å². The Labute approximate surface area is 355 Å². The van der Waals surface area contributed by atoms with Gasteiger partial charge in [0.15, 0.2) is 6.10 Å². The third-order valence-electron chi connectivity index (χ3n) is 11.6. The number of ether oxygens (including phenoxy) is 3. The molecule has 0 N–H and O–H groups in total. The molecule has 0 heterocycles. The zero-order chi connectivity index (χ0) is 41.5. The van der Waals surface area contributed by atoms with E-state index in [0.29, 0.717) is 19.3 Å². The van der Waals surface area contributed by atoms with Gasteiger partial charge in [0.25, 0.3) is 0 Å². The van der Waals surface area contributed by atoms with Gasteiger partial charge in [0, 0.05) is 19.3 Å². The summed E-state index contributed by atoms with van der Waals surface area (Å²) in [6.45, 7) is 6.65. The standard InChI is InChI=1S/C51H98O6/c1-4-7-10-13-16-19-21-22-23-24-25-26-27-28-30-33-35-38-41-44-50(53)56-47-48(57-51(54)45-42-39-36-31-18-15-12-9-6-3)46-55-49(52)43-40-37-34-32-29-20-17-14-11-8-5-2/h48H,4-47H2,1-3H3/t48-/m1/s1. The zero-order valence-corrected chi connectivity index (χ0v) is 38.6. The Bertz CT molecular complexity index is 844. The molecule has 6 heteroatoms. The van der Waals surface area contributed by atoms with Crippen molar-refractivity contribution >= 4 is 17.9 Å². The van der Waals surface area contributed by atoms with Crippen molar-refractivity contribution in [2.24, 2.45) is 0 Å². The van der Waals surface area contributed by atoms with Crippen molar-refractivity contribution in [1.82, 2.24) is 0 Å². The highest BCUT2D eigenvalue weighted by Gasteiger charge is 2.19. The highest BCUT2D eigenvalue weighted by Crippen LogP contribution is 2.17. The molecule has 0 aromatic carbocycles. The van der Waals surface area contributed by atoms with Crippen LogP contribution in [-0.2, 0) is 28.6 Å². The average molecular weight is 807 g/mol. The molecule has 0 rings (SSSR count). The fourth-order valence-corrected chi connectivity index (χ4v) is 7.74. The third kappa shape index (κ3) is 45.3. The molecule has 0 aliphatic carbocycles. The zero-order valence-electron chi connectivity index (χ0n) is 38.6. The van der Waals surface area contributed by atoms with Crippen molar-refractivity contribution in [2.75, 3.05) is 13.2 Å². The lowest BCUT2D eigenvalue weighted by atomic mass is 10.0. The van der Waals surface area contributed by atoms with Crippen molar-refractivity contribution in [3.05, 3.63) is 0 Å². The summed E-state index contributed by atoms with van der Waals surface area (Å²) < 4.78 is 16.7. The summed E-state index contributed by atoms with van der Waals surface area (Å²) in [5, 5.41) is 0. The smallest absolute Gasteiger partial charge is 0.306 e. The van der Waals surface area contributed by atoms with Crippen LogP contribution in [0.5, 0.6) is 0 Å². The lowest BCUT2D eigenvalue weighted by Crippen LogP contribution is -2.30. The Hall–Kier alpha value is -1.59. The second kappa shape index (κ2) is 47.1. The van der Waals surface area contributed by atoms with Crippen LogP contribution >= 0.6 is 0 Å². The molecular formula is C51H98O6. The average Bonchev–Trinajstić information content (AvgIpc) is 3.21. The van der Waals surface area contributed by atoms with Crippen LogP contribution in [-0.4, -0.2) is 37.2 Å². The van der Waals surface area contributed by atoms with Crippen molar-refractivity contribution in [3.8, 4) is 0 Å². The van der Waals surface area contributed by atoms with Crippen molar-refractivity contribution in [1.29, 1.82) is 0 Å². The van der Waals surface area contributed by atoms with Crippen molar-refractivity contribution < 1.29 is 28.6 Å². The van der Waals surface area contributed by atoms with Gasteiger partial charge in [0.05, 0.1) is 0 Å². The molecule has 0 amide bonds. The van der Waals surface area contributed by atoms with Gasteiger partial charge in [0.1, 0.15) is 13.2 Å². The molecule has 0 unspecified atom stereocenters. The van der Waals surface area contributed by atoms with Crippen LogP contribution in [0.15, 0.2) is 0 Å². The Morgan fingerprint density at radius 2 is 0.474 bits per heavy atom. The SMILES string of the molecule is CCCCCCCCCCCCCCCCCCCCCC(=O)OC[C@@H](COC(=O)CCCCCCCCCCCCC)OC(=O)CCCCCCCCCCC. The van der Waals surface area contributed by atoms with Gasteiger partial charge < -0.3 is 14.2 Å². The molecule has 0 aromatic rings. The molecule has 0 aliphatic heterocycles. The van der Waals surface area contributed by atoms with E-state index in [0.717, 1.165) is 57.8 Å². The highest BCUT2D eigenvalue weighted by molar-refractivity contribution is 5.71. The fourth-order valence-electron chi connectivity index (χ4n) is 7.74. The van der Waals surface area contributed by atoms with E-state index in [1.807, 2.05) is 0 Å². The molecule has 0 radical (unpaired) electrons. The van der Waals surface area contributed by atoms with Gasteiger partial charge in [-0.05, 0) is 19.3 Å². The van der Waals surface area contributed by atoms with Crippen molar-refractivity contribution in [2.45, 2.75) is 297 Å². The first-order valence-electron chi connectivity index (χ1n) is 25.5. The first-order valence-corrected chi connectivity index (χ1v) is 25.5. The monoisotopic (exact) mass is 807 g/mol. The van der Waals surface area contributed by atoms with Gasteiger partial charge in [-0.15, -0.1) is 0 Å². The Balaban J connectivity index is 4.18. The maximum atomic E-state index is 12.7. The summed E-state index contributed by atoms with van der Waals surface area (Å²) in [5.41, 5.74) is 0. The summed E-state index contributed by atoms with van der Waals surface area (Å²) in [7, 11) is 0. The largest absolute Gasteiger partial charge is 0.462 e. The van der Waals surface area contributed by atoms with E-state index >= 15 is 0 Å². The van der Waals surface area contributed by atoms with Gasteiger partial charge >= 0.3 is 17.9 Å². The first kappa shape index (κ1) is 55.4. The number of carbonyl (C=O) groups is 3. The molecular weight excluding hydrogens is 709 g/mol. The van der Waals surface area contributed by atoms with E-state index in [1.54, 1.807) is 0 Å². The van der Waals surface area contributed by atoms with Crippen LogP contribution in [0.4, 0.5) is 0 Å². The minimum Gasteiger partial charge on any atom is -0.462 e. The predicted octanol–water partition coefficient (Wildman–Crippen LogP) is 16.4. The van der Waals surface area contributed by atoms with Crippen LogP contribution < -0.4 is 0 Å². The summed E-state index contributed by atoms with van der Waals surface area (Å²) in [6, 6.07) is 0. The summed E-state index contributed by atoms with van der Waals surface area (Å²) in [6.07, 6.45) is 49.5. The number of carbonyl (C=O) groups excluding carboxylic acids is 3. The Kier molecular flexibility index (Phi) is 45.8. The topological polar surface area (TPSA) is 78.9 Å². The molecule has 0 bridgehead atoms. The van der Waals surface area contributed by atoms with Crippen LogP contribution in [0.2, 0.25) is 0 Å². The van der Waals surface area contributed by atoms with Crippen LogP contribution in [0.3, 0.4) is 0 Å². The normalized spacial score (nSPS) is 11.8. The Morgan fingerprint density at radius 1 is 0.281 bits per heavy atom. The molecule has 0 aromatic heterocycles. The number of hydrogen-bond donors (Lipinski definition) is 0. The van der Waals surface area contributed by atoms with Gasteiger partial charge in [-0.3, -0.25) is 14.4 Å². The van der Waals surface area contributed by atoms with Gasteiger partial charge in [0.2, 0.25) is 0 Å². The maximum absolute atomic E-state index is 12.7. The molecule has 0 saturated heterocycles. The summed E-state index contributed by atoms with van der Waals surface area (Å²) >= 11 is 0. The van der Waals surface area contributed by atoms with Crippen molar-refractivity contribution in [3.63, 3.8) is 0 Å². The van der Waals surface area contributed by atoms with E-state index in [4.69, 9.17) is 14.2 Å². The third-order valence-corrected chi connectivity index (χ3v) is 11.6. The molecule has 0 saturated carbocycles. The first-order chi connectivity index (χ1) is 28.0. The Morgan fingerprint density at radius 3 is 0.702 bits per heavy atom. The highest BCUT2D eigenvalue weighted by atomic mass is 16.6. The van der Waals surface area contributed by atoms with E-state index < -0.39 is 6.10 Å². The molecule has 0 fully saturated rings. The van der Waals surface area contributed by atoms with Crippen LogP contribution in [0.1, 0.15) is 290 Å². The quantitative estimate of drug-likeness (QED) is 0.0346. The molecule has 0 aliphatic rings. The molecule has 1 atom stereocenters. The number of rotatable bonds is 47. The van der Waals surface area contributed by atoms with E-state index in [9.17, 15) is 14.4 Å². The number of hydrogen-bond acceptors (Lipinski definition) is 6. The van der Waals surface area contributed by atoms with Gasteiger partial charge in [-0.25, -0.2) is 0 Å². The van der Waals surface area contributed by atoms with Gasteiger partial charge in [-0.1, -0.05) is 252 Å². The number of unbranched alkanes of at least 4 members (excludes halogenated alkanes) is 36. The van der Waals surface area contributed by atoms with Crippen LogP contribution in [0.25, 0.3) is 0 Å². The fraction of sp³-hybridized carbons (Fsp3) is 0.941. The van der Waals surface area contributed by atoms with E-state index in [2.05, 4.69) is 20.8 Å². The second-order valence-corrected chi connectivity index (χ2v) is 17.5. The summed E-state index contributed by atoms with van der Waals surface area (Å²) in [4.78, 5) is 37.8. The van der Waals surface area contributed by atoms with Gasteiger partial charge in [-0.2, -0.15) is 0 Å². The molecule has 338 valence electrons. The maximum Gasteiger partial charge on any atom is 0.306 e. The van der Waals surface area contributed by atoms with E-state index in [1.165, 1.54) is 193 Å². The van der Waals surface area contributed by atoms with E-state index in [-0.39, 0.29) is 31.1 Å². The summed E-state index contributed by atoms with van der Waals surface area (Å²) in [5.74, 6) is -0.847. The number of esters is 3.